The number of pyridine rings is 1. The molecule has 122 valence electrons. The summed E-state index contributed by atoms with van der Waals surface area (Å²) in [4.78, 5) is 19.2. The standard InChI is InChI=1S/C14H13F3N4O2/c15-14(16,17)13-18-11-3-4-20(8-10(11)12(22)19-13)7-9-1-5-21(23)6-2-9/h1-2,5-6H,3-4,7-8H2,(H,18,19,22). The highest BCUT2D eigenvalue weighted by atomic mass is 19.4. The molecule has 9 heteroatoms. The number of nitrogens with one attached hydrogen (secondary N) is 1. The minimum absolute atomic E-state index is 0.197. The van der Waals surface area contributed by atoms with Gasteiger partial charge >= 0.3 is 6.18 Å². The molecular weight excluding hydrogens is 313 g/mol. The van der Waals surface area contributed by atoms with E-state index >= 15 is 0 Å². The minimum atomic E-state index is -4.66. The Bertz CT molecular complexity index is 771. The Balaban J connectivity index is 1.81. The number of aromatic nitrogens is 3. The summed E-state index contributed by atoms with van der Waals surface area (Å²) in [6.07, 6.45) is -1.64. The lowest BCUT2D eigenvalue weighted by atomic mass is 10.1. The summed E-state index contributed by atoms with van der Waals surface area (Å²) < 4.78 is 38.7. The van der Waals surface area contributed by atoms with Crippen LogP contribution in [0.2, 0.25) is 0 Å². The van der Waals surface area contributed by atoms with Crippen molar-refractivity contribution in [2.75, 3.05) is 6.54 Å². The molecule has 1 aliphatic rings. The highest BCUT2D eigenvalue weighted by molar-refractivity contribution is 5.22. The highest BCUT2D eigenvalue weighted by Gasteiger charge is 2.35. The number of fused-ring (bicyclic) bond motifs is 1. The van der Waals surface area contributed by atoms with E-state index in [0.717, 1.165) is 5.56 Å². The second kappa shape index (κ2) is 5.65. The van der Waals surface area contributed by atoms with Gasteiger partial charge in [0.25, 0.3) is 5.56 Å². The maximum absolute atomic E-state index is 12.7. The molecular formula is C14H13F3N4O2. The number of alkyl halides is 3. The monoisotopic (exact) mass is 326 g/mol. The lowest BCUT2D eigenvalue weighted by molar-refractivity contribution is -0.605. The molecule has 0 saturated heterocycles. The maximum atomic E-state index is 12.7. The molecule has 3 heterocycles. The van der Waals surface area contributed by atoms with Crippen molar-refractivity contribution >= 4 is 0 Å². The van der Waals surface area contributed by atoms with Crippen molar-refractivity contribution in [3.63, 3.8) is 0 Å². The quantitative estimate of drug-likeness (QED) is 0.659. The van der Waals surface area contributed by atoms with Crippen molar-refractivity contribution in [3.8, 4) is 0 Å². The third-order valence-electron chi connectivity index (χ3n) is 3.69. The van der Waals surface area contributed by atoms with Gasteiger partial charge in [0, 0.05) is 38.2 Å². The van der Waals surface area contributed by atoms with Crippen LogP contribution in [0.1, 0.15) is 22.6 Å². The molecule has 0 aromatic carbocycles. The largest absolute Gasteiger partial charge is 0.619 e. The Morgan fingerprint density at radius 3 is 2.70 bits per heavy atom. The summed E-state index contributed by atoms with van der Waals surface area (Å²) >= 11 is 0. The van der Waals surface area contributed by atoms with E-state index in [2.05, 4.69) is 4.98 Å². The van der Waals surface area contributed by atoms with Crippen LogP contribution < -0.4 is 10.3 Å². The molecule has 2 aromatic heterocycles. The summed E-state index contributed by atoms with van der Waals surface area (Å²) in [6.45, 7) is 1.22. The number of H-pyrrole nitrogens is 1. The van der Waals surface area contributed by atoms with Crippen LogP contribution in [-0.2, 0) is 25.7 Å². The summed E-state index contributed by atoms with van der Waals surface area (Å²) in [6, 6.07) is 3.33. The van der Waals surface area contributed by atoms with Crippen LogP contribution in [0.5, 0.6) is 0 Å². The molecule has 0 aliphatic carbocycles. The van der Waals surface area contributed by atoms with Crippen LogP contribution in [0.4, 0.5) is 13.2 Å². The zero-order chi connectivity index (χ0) is 16.6. The van der Waals surface area contributed by atoms with Crippen molar-refractivity contribution in [1.29, 1.82) is 0 Å². The zero-order valence-corrected chi connectivity index (χ0v) is 11.9. The lowest BCUT2D eigenvalue weighted by Gasteiger charge is -2.27. The van der Waals surface area contributed by atoms with Gasteiger partial charge in [-0.25, -0.2) is 4.98 Å². The van der Waals surface area contributed by atoms with E-state index in [0.29, 0.717) is 17.8 Å². The third kappa shape index (κ3) is 3.34. The number of halogens is 3. The normalized spacial score (nSPS) is 15.4. The van der Waals surface area contributed by atoms with Gasteiger partial charge in [-0.05, 0) is 5.56 Å². The van der Waals surface area contributed by atoms with Gasteiger partial charge < -0.3 is 10.2 Å². The molecule has 0 spiro atoms. The maximum Gasteiger partial charge on any atom is 0.449 e. The van der Waals surface area contributed by atoms with E-state index < -0.39 is 17.6 Å². The molecule has 0 amide bonds. The summed E-state index contributed by atoms with van der Waals surface area (Å²) in [5.74, 6) is -1.25. The Morgan fingerprint density at radius 2 is 2.04 bits per heavy atom. The topological polar surface area (TPSA) is 75.9 Å². The van der Waals surface area contributed by atoms with Crippen LogP contribution in [0.25, 0.3) is 0 Å². The molecule has 0 atom stereocenters. The van der Waals surface area contributed by atoms with Gasteiger partial charge in [-0.1, -0.05) is 0 Å². The lowest BCUT2D eigenvalue weighted by Crippen LogP contribution is -2.36. The van der Waals surface area contributed by atoms with E-state index in [1.807, 2.05) is 4.90 Å². The first-order valence-corrected chi connectivity index (χ1v) is 6.92. The van der Waals surface area contributed by atoms with Crippen molar-refractivity contribution in [2.45, 2.75) is 25.7 Å². The first-order valence-electron chi connectivity index (χ1n) is 6.92. The molecule has 2 aromatic rings. The Hall–Kier alpha value is -2.42. The fourth-order valence-electron chi connectivity index (χ4n) is 2.56. The van der Waals surface area contributed by atoms with E-state index in [4.69, 9.17) is 0 Å². The molecule has 23 heavy (non-hydrogen) atoms. The molecule has 0 radical (unpaired) electrons. The van der Waals surface area contributed by atoms with Gasteiger partial charge in [0.1, 0.15) is 0 Å². The van der Waals surface area contributed by atoms with Gasteiger partial charge in [0.2, 0.25) is 5.82 Å². The molecule has 1 N–H and O–H groups in total. The summed E-state index contributed by atoms with van der Waals surface area (Å²) in [5, 5.41) is 11.0. The van der Waals surface area contributed by atoms with E-state index in [1.54, 1.807) is 17.1 Å². The Kier molecular flexibility index (Phi) is 3.80. The fourth-order valence-corrected chi connectivity index (χ4v) is 2.56. The first kappa shape index (κ1) is 15.5. The van der Waals surface area contributed by atoms with Crippen molar-refractivity contribution in [2.24, 2.45) is 0 Å². The molecule has 0 fully saturated rings. The van der Waals surface area contributed by atoms with E-state index in [9.17, 15) is 23.2 Å². The van der Waals surface area contributed by atoms with Gasteiger partial charge in [-0.15, -0.1) is 0 Å². The predicted molar refractivity (Wildman–Crippen MR) is 73.1 cm³/mol. The number of aromatic amines is 1. The summed E-state index contributed by atoms with van der Waals surface area (Å²) in [7, 11) is 0. The number of hydrogen-bond donors (Lipinski definition) is 1. The summed E-state index contributed by atoms with van der Waals surface area (Å²) in [5.41, 5.74) is 0.594. The van der Waals surface area contributed by atoms with Crippen molar-refractivity contribution in [1.82, 2.24) is 14.9 Å². The van der Waals surface area contributed by atoms with Crippen LogP contribution >= 0.6 is 0 Å². The SMILES string of the molecule is O=c1[nH]c(C(F)(F)F)nc2c1CN(Cc1cc[n+]([O-])cc1)CC2. The second-order valence-electron chi connectivity index (χ2n) is 5.36. The van der Waals surface area contributed by atoms with Gasteiger partial charge in [-0.3, -0.25) is 9.69 Å². The van der Waals surface area contributed by atoms with Crippen LogP contribution in [0.3, 0.4) is 0 Å². The zero-order valence-electron chi connectivity index (χ0n) is 11.9. The third-order valence-corrected chi connectivity index (χ3v) is 3.69. The molecule has 0 saturated carbocycles. The number of rotatable bonds is 2. The first-order chi connectivity index (χ1) is 10.8. The Morgan fingerprint density at radius 1 is 1.35 bits per heavy atom. The molecule has 0 bridgehead atoms. The van der Waals surface area contributed by atoms with Crippen LogP contribution in [0.15, 0.2) is 29.3 Å². The number of nitrogens with zero attached hydrogens (tertiary/aromatic N) is 3. The molecule has 6 nitrogen and oxygen atoms in total. The Labute approximate surface area is 128 Å². The van der Waals surface area contributed by atoms with E-state index in [1.165, 1.54) is 12.4 Å². The van der Waals surface area contributed by atoms with Gasteiger partial charge in [-0.2, -0.15) is 17.9 Å². The molecule has 0 unspecified atom stereocenters. The van der Waals surface area contributed by atoms with Crippen molar-refractivity contribution in [3.05, 3.63) is 62.7 Å². The van der Waals surface area contributed by atoms with Gasteiger partial charge in [0.05, 0.1) is 11.3 Å². The number of hydrogen-bond acceptors (Lipinski definition) is 4. The van der Waals surface area contributed by atoms with Crippen LogP contribution in [0, 0.1) is 5.21 Å². The molecule has 3 rings (SSSR count). The average Bonchev–Trinajstić information content (AvgIpc) is 2.49. The molecule has 1 aliphatic heterocycles. The van der Waals surface area contributed by atoms with Crippen molar-refractivity contribution < 1.29 is 17.9 Å². The fraction of sp³-hybridized carbons (Fsp3) is 0.357. The minimum Gasteiger partial charge on any atom is -0.619 e. The highest BCUT2D eigenvalue weighted by Crippen LogP contribution is 2.26. The van der Waals surface area contributed by atoms with Crippen LogP contribution in [-0.4, -0.2) is 21.4 Å². The predicted octanol–water partition coefficient (Wildman–Crippen LogP) is 0.980. The second-order valence-corrected chi connectivity index (χ2v) is 5.36. The van der Waals surface area contributed by atoms with E-state index in [-0.39, 0.29) is 24.2 Å². The average molecular weight is 326 g/mol. The van der Waals surface area contributed by atoms with Gasteiger partial charge in [0.15, 0.2) is 12.4 Å². The smallest absolute Gasteiger partial charge is 0.449 e.